The topological polar surface area (TPSA) is 48.9 Å². The van der Waals surface area contributed by atoms with Gasteiger partial charge in [0, 0.05) is 26.2 Å². The van der Waals surface area contributed by atoms with Crippen molar-refractivity contribution >= 4 is 6.34 Å². The third-order valence-corrected chi connectivity index (χ3v) is 4.13. The van der Waals surface area contributed by atoms with Crippen LogP contribution in [0.15, 0.2) is 29.3 Å². The van der Waals surface area contributed by atoms with Crippen molar-refractivity contribution in [3.8, 4) is 5.75 Å². The first-order valence-electron chi connectivity index (χ1n) is 8.37. The third-order valence-electron chi connectivity index (χ3n) is 4.13. The van der Waals surface area contributed by atoms with Gasteiger partial charge in [0.25, 0.3) is 0 Å². The maximum Gasteiger partial charge on any atom is 0.122 e. The number of hydrazine groups is 1. The number of nitrogens with one attached hydrogen (secondary N) is 2. The van der Waals surface area contributed by atoms with E-state index in [1.54, 1.807) is 0 Å². The van der Waals surface area contributed by atoms with Crippen molar-refractivity contribution in [1.29, 1.82) is 0 Å². The molecule has 0 aliphatic carbocycles. The molecule has 22 heavy (non-hydrogen) atoms. The molecule has 3 rings (SSSR count). The minimum Gasteiger partial charge on any atom is -0.489 e. The summed E-state index contributed by atoms with van der Waals surface area (Å²) >= 11 is 0. The van der Waals surface area contributed by atoms with E-state index in [4.69, 9.17) is 4.74 Å². The zero-order valence-electron chi connectivity index (χ0n) is 13.1. The second kappa shape index (κ2) is 8.15. The highest BCUT2D eigenvalue weighted by molar-refractivity contribution is 5.54. The van der Waals surface area contributed by atoms with Crippen molar-refractivity contribution in [1.82, 2.24) is 15.8 Å². The number of fused-ring (bicyclic) bond motifs is 1. The van der Waals surface area contributed by atoms with Crippen molar-refractivity contribution < 1.29 is 4.74 Å². The average molecular weight is 302 g/mol. The average Bonchev–Trinajstić information content (AvgIpc) is 2.59. The van der Waals surface area contributed by atoms with Gasteiger partial charge in [-0.3, -0.25) is 10.0 Å². The second-order valence-electron chi connectivity index (χ2n) is 5.92. The van der Waals surface area contributed by atoms with Gasteiger partial charge >= 0.3 is 0 Å². The highest BCUT2D eigenvalue weighted by atomic mass is 16.5. The van der Waals surface area contributed by atoms with E-state index in [1.165, 1.54) is 5.56 Å². The van der Waals surface area contributed by atoms with Crippen molar-refractivity contribution in [2.75, 3.05) is 32.7 Å². The molecule has 0 radical (unpaired) electrons. The molecular formula is C17H26N4O. The van der Waals surface area contributed by atoms with Crippen LogP contribution in [0, 0.1) is 0 Å². The monoisotopic (exact) mass is 302 g/mol. The molecule has 5 heteroatoms. The standard InChI is InChI=1S/C17H26N4O/c1-2-6-17-15(5-1)7-8-16(22-17)13-18-9-3-11-20-21-12-4-10-19-14-21/h1-2,5-6,14,16,18,20H,3-4,7-13H2/t16-/m1/s1. The molecule has 0 spiro atoms. The Kier molecular flexibility index (Phi) is 5.67. The zero-order valence-corrected chi connectivity index (χ0v) is 13.1. The summed E-state index contributed by atoms with van der Waals surface area (Å²) in [6.45, 7) is 4.95. The number of para-hydroxylation sites is 1. The largest absolute Gasteiger partial charge is 0.489 e. The Bertz CT molecular complexity index is 491. The molecular weight excluding hydrogens is 276 g/mol. The van der Waals surface area contributed by atoms with Gasteiger partial charge in [-0.1, -0.05) is 18.2 Å². The molecule has 2 N–H and O–H groups in total. The fourth-order valence-corrected chi connectivity index (χ4v) is 2.89. The molecule has 2 aliphatic heterocycles. The van der Waals surface area contributed by atoms with E-state index in [1.807, 2.05) is 12.4 Å². The third kappa shape index (κ3) is 4.45. The van der Waals surface area contributed by atoms with Crippen LogP contribution in [0.3, 0.4) is 0 Å². The normalized spacial score (nSPS) is 20.5. The lowest BCUT2D eigenvalue weighted by Crippen LogP contribution is -2.41. The number of nitrogens with zero attached hydrogens (tertiary/aromatic N) is 2. The van der Waals surface area contributed by atoms with Gasteiger partial charge in [0.1, 0.15) is 11.9 Å². The lowest BCUT2D eigenvalue weighted by molar-refractivity contribution is 0.170. The van der Waals surface area contributed by atoms with Gasteiger partial charge in [-0.15, -0.1) is 0 Å². The van der Waals surface area contributed by atoms with Crippen LogP contribution in [0.4, 0.5) is 0 Å². The quantitative estimate of drug-likeness (QED) is 0.751. The highest BCUT2D eigenvalue weighted by Crippen LogP contribution is 2.26. The lowest BCUT2D eigenvalue weighted by atomic mass is 10.0. The van der Waals surface area contributed by atoms with Gasteiger partial charge in [0.05, 0.1) is 6.34 Å². The van der Waals surface area contributed by atoms with Crippen LogP contribution in [0.2, 0.25) is 0 Å². The summed E-state index contributed by atoms with van der Waals surface area (Å²) in [6.07, 6.45) is 6.68. The number of aliphatic imine (C=N–C) groups is 1. The van der Waals surface area contributed by atoms with Crippen molar-refractivity contribution in [3.63, 3.8) is 0 Å². The molecule has 0 saturated carbocycles. The van der Waals surface area contributed by atoms with Crippen molar-refractivity contribution in [2.24, 2.45) is 4.99 Å². The molecule has 5 nitrogen and oxygen atoms in total. The van der Waals surface area contributed by atoms with Crippen LogP contribution >= 0.6 is 0 Å². The molecule has 0 saturated heterocycles. The molecule has 0 amide bonds. The molecule has 0 fully saturated rings. The van der Waals surface area contributed by atoms with E-state index in [2.05, 4.69) is 38.9 Å². The Hall–Kier alpha value is -1.59. The van der Waals surface area contributed by atoms with E-state index >= 15 is 0 Å². The fraction of sp³-hybridized carbons (Fsp3) is 0.588. The second-order valence-corrected chi connectivity index (χ2v) is 5.92. The number of rotatable bonds is 7. The SMILES string of the molecule is C1=NCCCN1NCCCNC[C@H]1CCc2ccccc2O1. The molecule has 1 atom stereocenters. The maximum atomic E-state index is 6.03. The van der Waals surface area contributed by atoms with Crippen LogP contribution in [0.1, 0.15) is 24.8 Å². The zero-order chi connectivity index (χ0) is 15.0. The molecule has 2 heterocycles. The molecule has 2 aliphatic rings. The van der Waals surface area contributed by atoms with E-state index in [9.17, 15) is 0 Å². The Morgan fingerprint density at radius 1 is 1.27 bits per heavy atom. The summed E-state index contributed by atoms with van der Waals surface area (Å²) in [5.74, 6) is 1.06. The molecule has 0 aromatic heterocycles. The number of benzene rings is 1. The molecule has 1 aromatic rings. The summed E-state index contributed by atoms with van der Waals surface area (Å²) in [4.78, 5) is 4.26. The summed E-state index contributed by atoms with van der Waals surface area (Å²) in [7, 11) is 0. The number of ether oxygens (including phenoxy) is 1. The smallest absolute Gasteiger partial charge is 0.122 e. The van der Waals surface area contributed by atoms with Crippen LogP contribution in [0.25, 0.3) is 0 Å². The van der Waals surface area contributed by atoms with Gasteiger partial charge in [0.15, 0.2) is 0 Å². The van der Waals surface area contributed by atoms with E-state index in [0.29, 0.717) is 6.10 Å². The fourth-order valence-electron chi connectivity index (χ4n) is 2.89. The van der Waals surface area contributed by atoms with Gasteiger partial charge < -0.3 is 10.1 Å². The molecule has 120 valence electrons. The predicted molar refractivity (Wildman–Crippen MR) is 89.4 cm³/mol. The number of hydrogen-bond acceptors (Lipinski definition) is 5. The predicted octanol–water partition coefficient (Wildman–Crippen LogP) is 1.60. The number of aryl methyl sites for hydroxylation is 1. The first-order chi connectivity index (χ1) is 10.9. The van der Waals surface area contributed by atoms with Crippen LogP contribution in [0.5, 0.6) is 5.75 Å². The van der Waals surface area contributed by atoms with Gasteiger partial charge in [-0.25, -0.2) is 5.43 Å². The molecule has 0 unspecified atom stereocenters. The summed E-state index contributed by atoms with van der Waals surface area (Å²) in [5, 5.41) is 5.59. The summed E-state index contributed by atoms with van der Waals surface area (Å²) in [5.41, 5.74) is 4.72. The molecule has 0 bridgehead atoms. The maximum absolute atomic E-state index is 6.03. The van der Waals surface area contributed by atoms with Gasteiger partial charge in [-0.05, 0) is 43.9 Å². The lowest BCUT2D eigenvalue weighted by Gasteiger charge is -2.26. The van der Waals surface area contributed by atoms with E-state index < -0.39 is 0 Å². The van der Waals surface area contributed by atoms with Crippen LogP contribution < -0.4 is 15.5 Å². The Morgan fingerprint density at radius 2 is 2.23 bits per heavy atom. The minimum absolute atomic E-state index is 0.303. The summed E-state index contributed by atoms with van der Waals surface area (Å²) < 4.78 is 6.03. The van der Waals surface area contributed by atoms with Gasteiger partial charge in [-0.2, -0.15) is 0 Å². The Morgan fingerprint density at radius 3 is 3.14 bits per heavy atom. The van der Waals surface area contributed by atoms with Crippen molar-refractivity contribution in [2.45, 2.75) is 31.8 Å². The highest BCUT2D eigenvalue weighted by Gasteiger charge is 2.18. The van der Waals surface area contributed by atoms with Gasteiger partial charge in [0.2, 0.25) is 0 Å². The Balaban J connectivity index is 1.26. The van der Waals surface area contributed by atoms with E-state index in [0.717, 1.165) is 64.2 Å². The minimum atomic E-state index is 0.303. The summed E-state index contributed by atoms with van der Waals surface area (Å²) in [6, 6.07) is 8.37. The van der Waals surface area contributed by atoms with Crippen LogP contribution in [-0.2, 0) is 6.42 Å². The molecule has 1 aromatic carbocycles. The van der Waals surface area contributed by atoms with Crippen molar-refractivity contribution in [3.05, 3.63) is 29.8 Å². The Labute approximate surface area is 132 Å². The number of hydrogen-bond donors (Lipinski definition) is 2. The van der Waals surface area contributed by atoms with Crippen LogP contribution in [-0.4, -0.2) is 50.2 Å². The first kappa shape index (κ1) is 15.3. The van der Waals surface area contributed by atoms with E-state index in [-0.39, 0.29) is 0 Å². The first-order valence-corrected chi connectivity index (χ1v) is 8.37.